The summed E-state index contributed by atoms with van der Waals surface area (Å²) in [6.45, 7) is 1.38. The number of anilines is 1. The molecule has 1 saturated heterocycles. The number of nitrogens with zero attached hydrogens (tertiary/aromatic N) is 1. The maximum atomic E-state index is 12.3. The molecule has 4 nitrogen and oxygen atoms in total. The van der Waals surface area contributed by atoms with Gasteiger partial charge in [-0.15, -0.1) is 13.2 Å². The fourth-order valence-electron chi connectivity index (χ4n) is 2.25. The molecule has 7 heteroatoms. The lowest BCUT2D eigenvalue weighted by molar-refractivity contribution is -0.274. The van der Waals surface area contributed by atoms with E-state index in [1.807, 2.05) is 0 Å². The van der Waals surface area contributed by atoms with Crippen LogP contribution in [0.3, 0.4) is 0 Å². The zero-order valence-corrected chi connectivity index (χ0v) is 11.4. The average molecular weight is 302 g/mol. The van der Waals surface area contributed by atoms with E-state index in [4.69, 9.17) is 0 Å². The molecule has 1 heterocycles. The van der Waals surface area contributed by atoms with Gasteiger partial charge in [0.05, 0.1) is 12.2 Å². The summed E-state index contributed by atoms with van der Waals surface area (Å²) in [5.74, 6) is -0.451. The zero-order chi connectivity index (χ0) is 15.3. The summed E-state index contributed by atoms with van der Waals surface area (Å²) in [5, 5.41) is 2.72. The molecule has 1 aromatic carbocycles. The van der Waals surface area contributed by atoms with Crippen LogP contribution in [0.15, 0.2) is 24.3 Å². The van der Waals surface area contributed by atoms with Crippen molar-refractivity contribution in [2.45, 2.75) is 25.6 Å². The third kappa shape index (κ3) is 4.84. The first-order valence-electron chi connectivity index (χ1n) is 6.82. The SMILES string of the molecule is O=C(CNc1ccccc1OC(F)(F)F)N1CCCCC1. The monoisotopic (exact) mass is 302 g/mol. The number of piperidine rings is 1. The fourth-order valence-corrected chi connectivity index (χ4v) is 2.25. The number of likely N-dealkylation sites (tertiary alicyclic amines) is 1. The quantitative estimate of drug-likeness (QED) is 0.929. The highest BCUT2D eigenvalue weighted by Crippen LogP contribution is 2.29. The number of para-hydroxylation sites is 2. The molecular formula is C14H17F3N2O2. The summed E-state index contributed by atoms with van der Waals surface area (Å²) in [6, 6.07) is 5.68. The van der Waals surface area contributed by atoms with Gasteiger partial charge in [-0.3, -0.25) is 4.79 Å². The van der Waals surface area contributed by atoms with Gasteiger partial charge in [-0.1, -0.05) is 12.1 Å². The number of hydrogen-bond donors (Lipinski definition) is 1. The number of alkyl halides is 3. The van der Waals surface area contributed by atoms with E-state index in [-0.39, 0.29) is 23.9 Å². The summed E-state index contributed by atoms with van der Waals surface area (Å²) < 4.78 is 40.8. The van der Waals surface area contributed by atoms with Crippen molar-refractivity contribution in [2.75, 3.05) is 25.0 Å². The number of halogens is 3. The number of amides is 1. The van der Waals surface area contributed by atoms with Crippen LogP contribution in [0.1, 0.15) is 19.3 Å². The van der Waals surface area contributed by atoms with Gasteiger partial charge in [0, 0.05) is 13.1 Å². The second-order valence-electron chi connectivity index (χ2n) is 4.84. The van der Waals surface area contributed by atoms with Crippen LogP contribution >= 0.6 is 0 Å². The van der Waals surface area contributed by atoms with E-state index in [9.17, 15) is 18.0 Å². The molecule has 0 radical (unpaired) electrons. The Morgan fingerprint density at radius 3 is 2.52 bits per heavy atom. The molecule has 116 valence electrons. The first-order chi connectivity index (χ1) is 9.96. The van der Waals surface area contributed by atoms with Crippen molar-refractivity contribution >= 4 is 11.6 Å². The summed E-state index contributed by atoms with van der Waals surface area (Å²) in [5.41, 5.74) is 0.153. The molecule has 1 N–H and O–H groups in total. The van der Waals surface area contributed by atoms with Crippen molar-refractivity contribution in [2.24, 2.45) is 0 Å². The first kappa shape index (κ1) is 15.5. The van der Waals surface area contributed by atoms with Crippen LogP contribution in [-0.2, 0) is 4.79 Å². The standard InChI is InChI=1S/C14H17F3N2O2/c15-14(16,17)21-12-7-3-2-6-11(12)18-10-13(20)19-8-4-1-5-9-19/h2-3,6-7,18H,1,4-5,8-10H2. The first-order valence-corrected chi connectivity index (χ1v) is 6.82. The summed E-state index contributed by atoms with van der Waals surface area (Å²) in [7, 11) is 0. The predicted molar refractivity (Wildman–Crippen MR) is 72.0 cm³/mol. The second kappa shape index (κ2) is 6.69. The lowest BCUT2D eigenvalue weighted by Gasteiger charge is -2.27. The Kier molecular flexibility index (Phi) is 4.93. The summed E-state index contributed by atoms with van der Waals surface area (Å²) >= 11 is 0. The Hall–Kier alpha value is -1.92. The van der Waals surface area contributed by atoms with Gasteiger partial charge >= 0.3 is 6.36 Å². The number of rotatable bonds is 4. The number of carbonyl (C=O) groups is 1. The van der Waals surface area contributed by atoms with Crippen molar-refractivity contribution in [1.82, 2.24) is 4.90 Å². The molecule has 1 aromatic rings. The Bertz CT molecular complexity index is 485. The number of carbonyl (C=O) groups excluding carboxylic acids is 1. The fraction of sp³-hybridized carbons (Fsp3) is 0.500. The van der Waals surface area contributed by atoms with E-state index in [2.05, 4.69) is 10.1 Å². The largest absolute Gasteiger partial charge is 0.573 e. The van der Waals surface area contributed by atoms with Gasteiger partial charge in [-0.2, -0.15) is 0 Å². The van der Waals surface area contributed by atoms with Gasteiger partial charge < -0.3 is 15.0 Å². The summed E-state index contributed by atoms with van der Waals surface area (Å²) in [4.78, 5) is 13.7. The Labute approximate surface area is 120 Å². The molecule has 0 saturated carbocycles. The molecule has 0 bridgehead atoms. The second-order valence-corrected chi connectivity index (χ2v) is 4.84. The third-order valence-electron chi connectivity index (χ3n) is 3.25. The summed E-state index contributed by atoms with van der Waals surface area (Å²) in [6.07, 6.45) is -1.70. The number of benzene rings is 1. The van der Waals surface area contributed by atoms with Crippen LogP contribution in [0.2, 0.25) is 0 Å². The molecule has 0 spiro atoms. The van der Waals surface area contributed by atoms with E-state index in [1.165, 1.54) is 18.2 Å². The maximum Gasteiger partial charge on any atom is 0.573 e. The lowest BCUT2D eigenvalue weighted by atomic mass is 10.1. The van der Waals surface area contributed by atoms with Gasteiger partial charge in [0.25, 0.3) is 0 Å². The van der Waals surface area contributed by atoms with Crippen LogP contribution in [0.25, 0.3) is 0 Å². The highest BCUT2D eigenvalue weighted by Gasteiger charge is 2.32. The van der Waals surface area contributed by atoms with Crippen LogP contribution in [-0.4, -0.2) is 36.8 Å². The van der Waals surface area contributed by atoms with Crippen molar-refractivity contribution in [3.8, 4) is 5.75 Å². The van der Waals surface area contributed by atoms with Crippen molar-refractivity contribution in [3.05, 3.63) is 24.3 Å². The minimum atomic E-state index is -4.76. The Morgan fingerprint density at radius 1 is 1.19 bits per heavy atom. The van der Waals surface area contributed by atoms with E-state index >= 15 is 0 Å². The zero-order valence-electron chi connectivity index (χ0n) is 11.4. The van der Waals surface area contributed by atoms with Crippen LogP contribution in [0, 0.1) is 0 Å². The molecule has 1 aliphatic rings. The number of hydrogen-bond acceptors (Lipinski definition) is 3. The molecule has 0 aromatic heterocycles. The highest BCUT2D eigenvalue weighted by molar-refractivity contribution is 5.81. The average Bonchev–Trinajstić information content (AvgIpc) is 2.45. The van der Waals surface area contributed by atoms with Gasteiger partial charge in [-0.25, -0.2) is 0 Å². The van der Waals surface area contributed by atoms with Gasteiger partial charge in [0.15, 0.2) is 5.75 Å². The molecular weight excluding hydrogens is 285 g/mol. The van der Waals surface area contributed by atoms with Crippen LogP contribution < -0.4 is 10.1 Å². The van der Waals surface area contributed by atoms with E-state index < -0.39 is 6.36 Å². The van der Waals surface area contributed by atoms with Crippen LogP contribution in [0.4, 0.5) is 18.9 Å². The minimum absolute atomic E-state index is 0.0434. The molecule has 21 heavy (non-hydrogen) atoms. The smallest absolute Gasteiger partial charge is 0.404 e. The molecule has 1 amide bonds. The van der Waals surface area contributed by atoms with E-state index in [0.29, 0.717) is 13.1 Å². The van der Waals surface area contributed by atoms with Gasteiger partial charge in [0.1, 0.15) is 0 Å². The lowest BCUT2D eigenvalue weighted by Crippen LogP contribution is -2.39. The highest BCUT2D eigenvalue weighted by atomic mass is 19.4. The normalized spacial score (nSPS) is 15.7. The molecule has 2 rings (SSSR count). The molecule has 1 aliphatic heterocycles. The predicted octanol–water partition coefficient (Wildman–Crippen LogP) is 3.01. The van der Waals surface area contributed by atoms with Gasteiger partial charge in [-0.05, 0) is 31.4 Å². The van der Waals surface area contributed by atoms with Crippen molar-refractivity contribution in [1.29, 1.82) is 0 Å². The molecule has 0 unspecified atom stereocenters. The Morgan fingerprint density at radius 2 is 1.86 bits per heavy atom. The third-order valence-corrected chi connectivity index (χ3v) is 3.25. The molecule has 0 atom stereocenters. The van der Waals surface area contributed by atoms with Crippen LogP contribution in [0.5, 0.6) is 5.75 Å². The number of ether oxygens (including phenoxy) is 1. The van der Waals surface area contributed by atoms with Crippen molar-refractivity contribution in [3.63, 3.8) is 0 Å². The topological polar surface area (TPSA) is 41.6 Å². The molecule has 0 aliphatic carbocycles. The van der Waals surface area contributed by atoms with E-state index in [1.54, 1.807) is 11.0 Å². The van der Waals surface area contributed by atoms with Gasteiger partial charge in [0.2, 0.25) is 5.91 Å². The van der Waals surface area contributed by atoms with E-state index in [0.717, 1.165) is 19.3 Å². The van der Waals surface area contributed by atoms with Crippen molar-refractivity contribution < 1.29 is 22.7 Å². The Balaban J connectivity index is 1.94. The number of nitrogens with one attached hydrogen (secondary N) is 1. The molecule has 1 fully saturated rings. The maximum absolute atomic E-state index is 12.3. The minimum Gasteiger partial charge on any atom is -0.404 e.